The van der Waals surface area contributed by atoms with Gasteiger partial charge in [-0.25, -0.2) is 0 Å². The highest BCUT2D eigenvalue weighted by atomic mass is 35.5. The molecule has 0 aliphatic carbocycles. The quantitative estimate of drug-likeness (QED) is 0.843. The fourth-order valence-electron chi connectivity index (χ4n) is 1.77. The number of nitrogens with one attached hydrogen (secondary N) is 1. The predicted molar refractivity (Wildman–Crippen MR) is 83.7 cm³/mol. The highest BCUT2D eigenvalue weighted by Gasteiger charge is 2.13. The second-order valence-corrected chi connectivity index (χ2v) is 6.54. The molecular weight excluding hydrogens is 298 g/mol. The molecule has 0 aliphatic heterocycles. The Bertz CT molecular complexity index is 496. The van der Waals surface area contributed by atoms with E-state index in [0.29, 0.717) is 10.7 Å². The summed E-state index contributed by atoms with van der Waals surface area (Å²) in [5.74, 6) is -0.832. The van der Waals surface area contributed by atoms with Crippen LogP contribution in [0.4, 0.5) is 5.69 Å². The van der Waals surface area contributed by atoms with Crippen LogP contribution in [0, 0.1) is 13.8 Å². The first-order valence-corrected chi connectivity index (χ1v) is 7.62. The van der Waals surface area contributed by atoms with Crippen molar-refractivity contribution in [2.24, 2.45) is 0 Å². The number of anilines is 1. The zero-order valence-electron chi connectivity index (χ0n) is 11.7. The molecule has 0 spiro atoms. The standard InChI is InChI=1S/C14H18ClNO3S/c1-8-4-9(2)14(11(15)5-8)16-12(17)7-20-10(3)6-13(18)19/h4-5,10H,6-7H2,1-3H3,(H,16,17)(H,18,19). The minimum Gasteiger partial charge on any atom is -0.481 e. The van der Waals surface area contributed by atoms with Gasteiger partial charge in [-0.3, -0.25) is 9.59 Å². The molecule has 6 heteroatoms. The Kier molecular flexibility index (Phi) is 6.36. The van der Waals surface area contributed by atoms with Gasteiger partial charge >= 0.3 is 5.97 Å². The number of halogens is 1. The van der Waals surface area contributed by atoms with E-state index in [9.17, 15) is 9.59 Å². The number of hydrogen-bond donors (Lipinski definition) is 2. The summed E-state index contributed by atoms with van der Waals surface area (Å²) < 4.78 is 0. The van der Waals surface area contributed by atoms with Crippen molar-refractivity contribution < 1.29 is 14.7 Å². The molecule has 0 saturated heterocycles. The molecule has 0 heterocycles. The molecule has 0 radical (unpaired) electrons. The van der Waals surface area contributed by atoms with E-state index in [1.807, 2.05) is 19.9 Å². The minimum absolute atomic E-state index is 0.0439. The number of rotatable bonds is 6. The van der Waals surface area contributed by atoms with E-state index in [-0.39, 0.29) is 23.3 Å². The maximum absolute atomic E-state index is 11.9. The fourth-order valence-corrected chi connectivity index (χ4v) is 2.91. The zero-order valence-corrected chi connectivity index (χ0v) is 13.3. The summed E-state index contributed by atoms with van der Waals surface area (Å²) >= 11 is 7.42. The topological polar surface area (TPSA) is 66.4 Å². The second kappa shape index (κ2) is 7.55. The van der Waals surface area contributed by atoms with Crippen LogP contribution in [0.5, 0.6) is 0 Å². The van der Waals surface area contributed by atoms with E-state index in [4.69, 9.17) is 16.7 Å². The van der Waals surface area contributed by atoms with Gasteiger partial charge in [0.1, 0.15) is 0 Å². The van der Waals surface area contributed by atoms with Crippen molar-refractivity contribution in [2.75, 3.05) is 11.1 Å². The third kappa shape index (κ3) is 5.43. The van der Waals surface area contributed by atoms with Crippen LogP contribution in [0.1, 0.15) is 24.5 Å². The number of aryl methyl sites for hydroxylation is 2. The lowest BCUT2D eigenvalue weighted by molar-refractivity contribution is -0.136. The molecule has 1 aromatic rings. The molecule has 0 bridgehead atoms. The van der Waals surface area contributed by atoms with Gasteiger partial charge in [0.05, 0.1) is 22.9 Å². The van der Waals surface area contributed by atoms with Crippen molar-refractivity contribution in [3.63, 3.8) is 0 Å². The molecule has 0 saturated carbocycles. The van der Waals surface area contributed by atoms with Crippen LogP contribution in [-0.2, 0) is 9.59 Å². The van der Waals surface area contributed by atoms with Crippen LogP contribution in [0.25, 0.3) is 0 Å². The van der Waals surface area contributed by atoms with Crippen molar-refractivity contribution in [2.45, 2.75) is 32.4 Å². The number of carboxylic acid groups (broad SMARTS) is 1. The van der Waals surface area contributed by atoms with Crippen LogP contribution in [-0.4, -0.2) is 28.0 Å². The SMILES string of the molecule is Cc1cc(C)c(NC(=O)CSC(C)CC(=O)O)c(Cl)c1. The highest BCUT2D eigenvalue weighted by Crippen LogP contribution is 2.27. The van der Waals surface area contributed by atoms with Gasteiger partial charge in [-0.05, 0) is 31.0 Å². The fraction of sp³-hybridized carbons (Fsp3) is 0.429. The number of aliphatic carboxylic acids is 1. The Hall–Kier alpha value is -1.20. The van der Waals surface area contributed by atoms with Crippen molar-refractivity contribution in [1.29, 1.82) is 0 Å². The normalized spacial score (nSPS) is 12.0. The van der Waals surface area contributed by atoms with Crippen molar-refractivity contribution in [1.82, 2.24) is 0 Å². The van der Waals surface area contributed by atoms with Crippen molar-refractivity contribution >= 4 is 40.9 Å². The molecule has 1 amide bonds. The first-order valence-electron chi connectivity index (χ1n) is 6.19. The number of thioether (sulfide) groups is 1. The average Bonchev–Trinajstić information content (AvgIpc) is 2.30. The summed E-state index contributed by atoms with van der Waals surface area (Å²) in [6.07, 6.45) is 0.0439. The maximum Gasteiger partial charge on any atom is 0.304 e. The van der Waals surface area contributed by atoms with E-state index in [1.54, 1.807) is 13.0 Å². The third-order valence-electron chi connectivity index (χ3n) is 2.66. The summed E-state index contributed by atoms with van der Waals surface area (Å²) in [5.41, 5.74) is 2.57. The first-order chi connectivity index (χ1) is 9.29. The number of carboxylic acids is 1. The third-order valence-corrected chi connectivity index (χ3v) is 4.12. The van der Waals surface area contributed by atoms with Gasteiger partial charge in [-0.15, -0.1) is 11.8 Å². The molecule has 1 unspecified atom stereocenters. The number of hydrogen-bond acceptors (Lipinski definition) is 3. The summed E-state index contributed by atoms with van der Waals surface area (Å²) in [6, 6.07) is 3.74. The van der Waals surface area contributed by atoms with Crippen molar-refractivity contribution in [3.05, 3.63) is 28.3 Å². The summed E-state index contributed by atoms with van der Waals surface area (Å²) in [6.45, 7) is 5.61. The molecule has 4 nitrogen and oxygen atoms in total. The molecule has 0 aromatic heterocycles. The Morgan fingerprint density at radius 1 is 1.40 bits per heavy atom. The van der Waals surface area contributed by atoms with Crippen LogP contribution in [0.2, 0.25) is 5.02 Å². The first kappa shape index (κ1) is 16.9. The Morgan fingerprint density at radius 2 is 2.05 bits per heavy atom. The van der Waals surface area contributed by atoms with Crippen LogP contribution in [0.15, 0.2) is 12.1 Å². The molecular formula is C14H18ClNO3S. The van der Waals surface area contributed by atoms with E-state index >= 15 is 0 Å². The molecule has 1 aromatic carbocycles. The lowest BCUT2D eigenvalue weighted by atomic mass is 10.1. The predicted octanol–water partition coefficient (Wildman–Crippen LogP) is 3.49. The van der Waals surface area contributed by atoms with Gasteiger partial charge < -0.3 is 10.4 Å². The van der Waals surface area contributed by atoms with E-state index in [2.05, 4.69) is 5.32 Å². The van der Waals surface area contributed by atoms with Gasteiger partial charge in [0.25, 0.3) is 0 Å². The molecule has 110 valence electrons. The van der Waals surface area contributed by atoms with E-state index < -0.39 is 5.97 Å². The number of benzene rings is 1. The van der Waals surface area contributed by atoms with Crippen molar-refractivity contribution in [3.8, 4) is 0 Å². The van der Waals surface area contributed by atoms with Gasteiger partial charge in [0.2, 0.25) is 5.91 Å². The molecule has 1 rings (SSSR count). The lowest BCUT2D eigenvalue weighted by Gasteiger charge is -2.12. The molecule has 2 N–H and O–H groups in total. The Morgan fingerprint density at radius 3 is 2.60 bits per heavy atom. The Labute approximate surface area is 127 Å². The van der Waals surface area contributed by atoms with Crippen LogP contribution in [0.3, 0.4) is 0 Å². The molecule has 0 aliphatic rings. The second-order valence-electron chi connectivity index (χ2n) is 4.71. The number of amides is 1. The molecule has 0 fully saturated rings. The number of carbonyl (C=O) groups is 2. The zero-order chi connectivity index (χ0) is 15.3. The van der Waals surface area contributed by atoms with Gasteiger partial charge in [-0.1, -0.05) is 24.6 Å². The van der Waals surface area contributed by atoms with Gasteiger partial charge in [-0.2, -0.15) is 0 Å². The largest absolute Gasteiger partial charge is 0.481 e. The monoisotopic (exact) mass is 315 g/mol. The number of carbonyl (C=O) groups excluding carboxylic acids is 1. The maximum atomic E-state index is 11.9. The highest BCUT2D eigenvalue weighted by molar-refractivity contribution is 8.00. The average molecular weight is 316 g/mol. The van der Waals surface area contributed by atoms with Crippen LogP contribution < -0.4 is 5.32 Å². The Balaban J connectivity index is 2.57. The molecule has 1 atom stereocenters. The minimum atomic E-state index is -0.858. The lowest BCUT2D eigenvalue weighted by Crippen LogP contribution is -2.17. The van der Waals surface area contributed by atoms with Gasteiger partial charge in [0.15, 0.2) is 0 Å². The molecule has 20 heavy (non-hydrogen) atoms. The summed E-state index contributed by atoms with van der Waals surface area (Å²) in [7, 11) is 0. The summed E-state index contributed by atoms with van der Waals surface area (Å²) in [4.78, 5) is 22.4. The summed E-state index contributed by atoms with van der Waals surface area (Å²) in [5, 5.41) is 11.8. The van der Waals surface area contributed by atoms with E-state index in [1.165, 1.54) is 11.8 Å². The van der Waals surface area contributed by atoms with E-state index in [0.717, 1.165) is 11.1 Å². The smallest absolute Gasteiger partial charge is 0.304 e. The van der Waals surface area contributed by atoms with Crippen LogP contribution >= 0.6 is 23.4 Å². The van der Waals surface area contributed by atoms with Gasteiger partial charge in [0, 0.05) is 5.25 Å².